The fourth-order valence-electron chi connectivity index (χ4n) is 3.68. The monoisotopic (exact) mass is 450 g/mol. The maximum atomic E-state index is 12.7. The molecule has 0 aliphatic heterocycles. The normalized spacial score (nSPS) is 21.2. The first-order chi connectivity index (χ1) is 13.8. The Bertz CT molecular complexity index is 772. The van der Waals surface area contributed by atoms with Gasteiger partial charge in [0, 0.05) is 19.1 Å². The molecule has 0 radical (unpaired) electrons. The minimum atomic E-state index is -4.49. The molecule has 0 unspecified atom stereocenters. The van der Waals surface area contributed by atoms with Crippen LogP contribution in [0.3, 0.4) is 0 Å². The summed E-state index contributed by atoms with van der Waals surface area (Å²) in [6.07, 6.45) is 0.429. The Morgan fingerprint density at radius 1 is 1.07 bits per heavy atom. The van der Waals surface area contributed by atoms with Gasteiger partial charge in [-0.1, -0.05) is 12.8 Å². The molecule has 1 fully saturated rings. The summed E-state index contributed by atoms with van der Waals surface area (Å²) in [5.41, 5.74) is -1.15. The van der Waals surface area contributed by atoms with Crippen molar-refractivity contribution in [3.8, 4) is 0 Å². The number of rotatable bonds is 9. The van der Waals surface area contributed by atoms with Crippen molar-refractivity contribution in [2.24, 2.45) is 11.8 Å². The van der Waals surface area contributed by atoms with Crippen LogP contribution in [0.2, 0.25) is 0 Å². The van der Waals surface area contributed by atoms with Gasteiger partial charge in [-0.15, -0.1) is 0 Å². The SMILES string of the molecule is CN(CC[C@H]1CC[C@H](CNC(C)(C)CO)CC1)S(=O)(=O)c1ccc(C(F)(F)F)cc1. The van der Waals surface area contributed by atoms with Gasteiger partial charge in [0.15, 0.2) is 0 Å². The molecule has 0 atom stereocenters. The molecule has 1 aliphatic rings. The van der Waals surface area contributed by atoms with Crippen molar-refractivity contribution in [1.82, 2.24) is 9.62 Å². The van der Waals surface area contributed by atoms with Gasteiger partial charge < -0.3 is 10.4 Å². The lowest BCUT2D eigenvalue weighted by molar-refractivity contribution is -0.137. The molecule has 0 saturated heterocycles. The van der Waals surface area contributed by atoms with Gasteiger partial charge in [0.25, 0.3) is 0 Å². The Hall–Kier alpha value is -1.16. The number of aliphatic hydroxyl groups excluding tert-OH is 1. The van der Waals surface area contributed by atoms with Crippen LogP contribution in [0.25, 0.3) is 0 Å². The quantitative estimate of drug-likeness (QED) is 0.599. The van der Waals surface area contributed by atoms with E-state index in [1.807, 2.05) is 13.8 Å². The maximum Gasteiger partial charge on any atom is 0.416 e. The number of alkyl halides is 3. The van der Waals surface area contributed by atoms with E-state index in [0.29, 0.717) is 18.4 Å². The van der Waals surface area contributed by atoms with Crippen LogP contribution in [0.5, 0.6) is 0 Å². The zero-order chi connectivity index (χ0) is 22.6. The second kappa shape index (κ2) is 9.97. The molecule has 1 aromatic rings. The molecule has 0 spiro atoms. The summed E-state index contributed by atoms with van der Waals surface area (Å²) in [5, 5.41) is 12.7. The first-order valence-corrected chi connectivity index (χ1v) is 11.8. The molecule has 0 heterocycles. The molecule has 0 amide bonds. The van der Waals surface area contributed by atoms with Crippen LogP contribution in [0.15, 0.2) is 29.2 Å². The summed E-state index contributed by atoms with van der Waals surface area (Å²) >= 11 is 0. The molecule has 1 saturated carbocycles. The molecular formula is C21H33F3N2O3S. The number of hydrogen-bond acceptors (Lipinski definition) is 4. The van der Waals surface area contributed by atoms with Crippen molar-refractivity contribution < 1.29 is 26.7 Å². The van der Waals surface area contributed by atoms with Gasteiger partial charge >= 0.3 is 6.18 Å². The fraction of sp³-hybridized carbons (Fsp3) is 0.714. The lowest BCUT2D eigenvalue weighted by Crippen LogP contribution is -2.45. The smallest absolute Gasteiger partial charge is 0.394 e. The number of aliphatic hydroxyl groups is 1. The number of benzene rings is 1. The third-order valence-electron chi connectivity index (χ3n) is 5.97. The van der Waals surface area contributed by atoms with Gasteiger partial charge in [0.1, 0.15) is 0 Å². The van der Waals surface area contributed by atoms with Crippen molar-refractivity contribution >= 4 is 10.0 Å². The number of nitrogens with zero attached hydrogens (tertiary/aromatic N) is 1. The van der Waals surface area contributed by atoms with Crippen LogP contribution < -0.4 is 5.32 Å². The van der Waals surface area contributed by atoms with Gasteiger partial charge in [-0.3, -0.25) is 0 Å². The molecule has 30 heavy (non-hydrogen) atoms. The number of nitrogens with one attached hydrogen (secondary N) is 1. The van der Waals surface area contributed by atoms with E-state index in [2.05, 4.69) is 5.32 Å². The Morgan fingerprint density at radius 3 is 2.10 bits per heavy atom. The zero-order valence-corrected chi connectivity index (χ0v) is 18.7. The molecule has 1 aliphatic carbocycles. The topological polar surface area (TPSA) is 69.6 Å². The zero-order valence-electron chi connectivity index (χ0n) is 17.9. The van der Waals surface area contributed by atoms with Crippen molar-refractivity contribution in [2.75, 3.05) is 26.7 Å². The first kappa shape index (κ1) is 25.1. The van der Waals surface area contributed by atoms with Crippen LogP contribution in [0.1, 0.15) is 51.5 Å². The Kier molecular flexibility index (Phi) is 8.35. The van der Waals surface area contributed by atoms with Crippen molar-refractivity contribution in [3.05, 3.63) is 29.8 Å². The number of hydrogen-bond donors (Lipinski definition) is 2. The van der Waals surface area contributed by atoms with Gasteiger partial charge in [-0.2, -0.15) is 13.2 Å². The van der Waals surface area contributed by atoms with Gasteiger partial charge in [-0.25, -0.2) is 12.7 Å². The standard InChI is InChI=1S/C21H33F3N2O3S/c1-20(2,15-27)25-14-17-6-4-16(5-7-17)12-13-26(3)30(28,29)19-10-8-18(9-11-19)21(22,23)24/h8-11,16-17,25,27H,4-7,12-15H2,1-3H3/t16-,17-. The van der Waals surface area contributed by atoms with Gasteiger partial charge in [-0.05, 0) is 75.8 Å². The molecular weight excluding hydrogens is 417 g/mol. The lowest BCUT2D eigenvalue weighted by atomic mass is 9.80. The van der Waals surface area contributed by atoms with Crippen LogP contribution in [-0.2, 0) is 16.2 Å². The second-order valence-electron chi connectivity index (χ2n) is 8.95. The molecule has 2 N–H and O–H groups in total. The van der Waals surface area contributed by atoms with Crippen molar-refractivity contribution in [1.29, 1.82) is 0 Å². The van der Waals surface area contributed by atoms with Crippen molar-refractivity contribution in [3.63, 3.8) is 0 Å². The Labute approximate surface area is 177 Å². The van der Waals surface area contributed by atoms with E-state index in [1.165, 1.54) is 11.4 Å². The van der Waals surface area contributed by atoms with Crippen LogP contribution in [0, 0.1) is 11.8 Å². The van der Waals surface area contributed by atoms with E-state index in [-0.39, 0.29) is 17.0 Å². The highest BCUT2D eigenvalue weighted by atomic mass is 32.2. The highest BCUT2D eigenvalue weighted by Crippen LogP contribution is 2.32. The molecule has 0 bridgehead atoms. The van der Waals surface area contributed by atoms with Gasteiger partial charge in [0.05, 0.1) is 17.1 Å². The second-order valence-corrected chi connectivity index (χ2v) is 11.0. The predicted molar refractivity (Wildman–Crippen MR) is 110 cm³/mol. The molecule has 1 aromatic carbocycles. The van der Waals surface area contributed by atoms with E-state index < -0.39 is 21.8 Å². The average Bonchev–Trinajstić information content (AvgIpc) is 2.70. The Balaban J connectivity index is 1.82. The minimum Gasteiger partial charge on any atom is -0.394 e. The molecule has 5 nitrogen and oxygen atoms in total. The van der Waals surface area contributed by atoms with E-state index in [0.717, 1.165) is 62.9 Å². The highest BCUT2D eigenvalue weighted by molar-refractivity contribution is 7.89. The van der Waals surface area contributed by atoms with E-state index in [1.54, 1.807) is 0 Å². The lowest BCUT2D eigenvalue weighted by Gasteiger charge is -2.32. The third-order valence-corrected chi connectivity index (χ3v) is 7.84. The molecule has 172 valence electrons. The van der Waals surface area contributed by atoms with Crippen LogP contribution >= 0.6 is 0 Å². The fourth-order valence-corrected chi connectivity index (χ4v) is 4.87. The van der Waals surface area contributed by atoms with Crippen LogP contribution in [-0.4, -0.2) is 50.1 Å². The number of halogens is 3. The summed E-state index contributed by atoms with van der Waals surface area (Å²) < 4.78 is 64.5. The summed E-state index contributed by atoms with van der Waals surface area (Å²) in [7, 11) is -2.34. The Morgan fingerprint density at radius 2 is 1.60 bits per heavy atom. The van der Waals surface area contributed by atoms with Gasteiger partial charge in [0.2, 0.25) is 10.0 Å². The average molecular weight is 451 g/mol. The largest absolute Gasteiger partial charge is 0.416 e. The summed E-state index contributed by atoms with van der Waals surface area (Å²) in [6, 6.07) is 3.63. The van der Waals surface area contributed by atoms with Crippen molar-refractivity contribution in [2.45, 2.75) is 62.6 Å². The first-order valence-electron chi connectivity index (χ1n) is 10.3. The molecule has 9 heteroatoms. The summed E-state index contributed by atoms with van der Waals surface area (Å²) in [5.74, 6) is 0.998. The predicted octanol–water partition coefficient (Wildman–Crippen LogP) is 3.88. The number of sulfonamides is 1. The molecule has 0 aromatic heterocycles. The minimum absolute atomic E-state index is 0.0854. The summed E-state index contributed by atoms with van der Waals surface area (Å²) in [6.45, 7) is 5.22. The van der Waals surface area contributed by atoms with E-state index in [4.69, 9.17) is 0 Å². The molecule has 2 rings (SSSR count). The maximum absolute atomic E-state index is 12.7. The highest BCUT2D eigenvalue weighted by Gasteiger charge is 2.31. The van der Waals surface area contributed by atoms with Crippen LogP contribution in [0.4, 0.5) is 13.2 Å². The van der Waals surface area contributed by atoms with E-state index in [9.17, 15) is 26.7 Å². The van der Waals surface area contributed by atoms with E-state index >= 15 is 0 Å². The third kappa shape index (κ3) is 6.93. The summed E-state index contributed by atoms with van der Waals surface area (Å²) in [4.78, 5) is -0.126.